The summed E-state index contributed by atoms with van der Waals surface area (Å²) < 4.78 is 4.79. The van der Waals surface area contributed by atoms with Gasteiger partial charge in [0.2, 0.25) is 0 Å². The fourth-order valence-corrected chi connectivity index (χ4v) is 5.48. The van der Waals surface area contributed by atoms with E-state index in [0.717, 1.165) is 11.4 Å². The molecule has 0 saturated carbocycles. The molecule has 1 aliphatic rings. The maximum atomic E-state index is 2.40. The largest absolute Gasteiger partial charge is 0.309 e. The van der Waals surface area contributed by atoms with Crippen LogP contribution in [0.3, 0.4) is 0 Å². The summed E-state index contributed by atoms with van der Waals surface area (Å²) in [7, 11) is 0. The van der Waals surface area contributed by atoms with Crippen molar-refractivity contribution in [3.8, 4) is 11.4 Å². The number of fused-ring (bicyclic) bond motifs is 2. The molecule has 1 aliphatic carbocycles. The van der Waals surface area contributed by atoms with Gasteiger partial charge >= 0.3 is 0 Å². The average molecular weight is 587 g/mol. The standard InChI is InChI=1S/C36H36N2.3C2H6/c1-6-13-29-31-19-10-11-20-35(31)37(33(29)15-8-3)27-17-12-18-28(25-27)38-34(16-9-4)30(14-7-2)32-23-21-26(5)22-24-36(32)38;3*1-2/h6-26H,1-5H3;3*1-2H3/b13-6-,14-7-,15-8-,16-9-;;;. The van der Waals surface area contributed by atoms with E-state index in [1.54, 1.807) is 0 Å². The average Bonchev–Trinajstić information content (AvgIpc) is 3.45. The van der Waals surface area contributed by atoms with Crippen molar-refractivity contribution in [3.05, 3.63) is 119 Å². The Hall–Kier alpha value is -4.30. The highest BCUT2D eigenvalue weighted by Crippen LogP contribution is 2.36. The zero-order valence-corrected chi connectivity index (χ0v) is 29.0. The molecule has 1 unspecified atom stereocenters. The van der Waals surface area contributed by atoms with E-state index in [4.69, 9.17) is 0 Å². The molecule has 1 atom stereocenters. The number of hydrogen-bond acceptors (Lipinski definition) is 0. The Labute approximate surface area is 268 Å². The molecule has 2 aromatic carbocycles. The Balaban J connectivity index is 0.00000106. The zero-order valence-electron chi connectivity index (χ0n) is 29.0. The van der Waals surface area contributed by atoms with Crippen molar-refractivity contribution in [3.63, 3.8) is 0 Å². The summed E-state index contributed by atoms with van der Waals surface area (Å²) in [6.07, 6.45) is 26.5. The Kier molecular flexibility index (Phi) is 15.0. The number of aromatic nitrogens is 2. The Morgan fingerprint density at radius 3 is 1.70 bits per heavy atom. The van der Waals surface area contributed by atoms with Gasteiger partial charge in [-0.05, 0) is 76.1 Å². The molecule has 232 valence electrons. The van der Waals surface area contributed by atoms with Gasteiger partial charge in [-0.25, -0.2) is 0 Å². The highest BCUT2D eigenvalue weighted by atomic mass is 15.0. The minimum Gasteiger partial charge on any atom is -0.309 e. The molecule has 4 aromatic rings. The van der Waals surface area contributed by atoms with Crippen LogP contribution < -0.4 is 0 Å². The van der Waals surface area contributed by atoms with Crippen molar-refractivity contribution in [2.24, 2.45) is 5.92 Å². The second-order valence-electron chi connectivity index (χ2n) is 9.68. The minimum absolute atomic E-state index is 0.394. The first kappa shape index (κ1) is 35.9. The molecular formula is C42H54N2. The summed E-state index contributed by atoms with van der Waals surface area (Å²) in [4.78, 5) is 0. The van der Waals surface area contributed by atoms with Gasteiger partial charge in [0.15, 0.2) is 0 Å². The summed E-state index contributed by atoms with van der Waals surface area (Å²) in [5.41, 5.74) is 10.8. The molecular weight excluding hydrogens is 532 g/mol. The number of hydrogen-bond donors (Lipinski definition) is 0. The monoisotopic (exact) mass is 586 g/mol. The van der Waals surface area contributed by atoms with Crippen LogP contribution in [-0.2, 0) is 0 Å². The fourth-order valence-electron chi connectivity index (χ4n) is 5.48. The maximum absolute atomic E-state index is 2.40. The van der Waals surface area contributed by atoms with Crippen LogP contribution in [0.2, 0.25) is 0 Å². The molecule has 2 heteroatoms. The van der Waals surface area contributed by atoms with Crippen LogP contribution in [0, 0.1) is 5.92 Å². The van der Waals surface area contributed by atoms with E-state index in [9.17, 15) is 0 Å². The normalized spacial score (nSPS) is 13.9. The van der Waals surface area contributed by atoms with Crippen LogP contribution in [0.4, 0.5) is 0 Å². The highest BCUT2D eigenvalue weighted by Gasteiger charge is 2.21. The maximum Gasteiger partial charge on any atom is 0.0541 e. The molecule has 0 spiro atoms. The lowest BCUT2D eigenvalue weighted by molar-refractivity contribution is 0.951. The molecule has 0 fully saturated rings. The smallest absolute Gasteiger partial charge is 0.0541 e. The van der Waals surface area contributed by atoms with Gasteiger partial charge in [0.25, 0.3) is 0 Å². The van der Waals surface area contributed by atoms with E-state index in [2.05, 4.69) is 165 Å². The van der Waals surface area contributed by atoms with Gasteiger partial charge in [0.1, 0.15) is 0 Å². The molecule has 5 rings (SSSR count). The van der Waals surface area contributed by atoms with Gasteiger partial charge in [0.05, 0.1) is 22.6 Å². The SMILES string of the molecule is C/C=C\c1c2c(n(-c3cccc(-n4c(/C=C\C)c(/C=C\C)c5ccccc54)c3)c1/C=C\C)C=CC(C)C=C2.CC.CC.CC. The van der Waals surface area contributed by atoms with E-state index in [0.29, 0.717) is 5.92 Å². The summed E-state index contributed by atoms with van der Waals surface area (Å²) in [6, 6.07) is 17.6. The molecule has 2 nitrogen and oxygen atoms in total. The number of para-hydroxylation sites is 1. The van der Waals surface area contributed by atoms with Gasteiger partial charge in [-0.15, -0.1) is 0 Å². The third-order valence-electron chi connectivity index (χ3n) is 7.06. The molecule has 0 aliphatic heterocycles. The number of nitrogens with zero attached hydrogens (tertiary/aromatic N) is 2. The topological polar surface area (TPSA) is 9.86 Å². The van der Waals surface area contributed by atoms with Crippen molar-refractivity contribution < 1.29 is 0 Å². The van der Waals surface area contributed by atoms with Crippen LogP contribution in [0.15, 0.2) is 85.0 Å². The van der Waals surface area contributed by atoms with Gasteiger partial charge in [0, 0.05) is 33.5 Å². The first-order chi connectivity index (χ1) is 21.6. The third-order valence-corrected chi connectivity index (χ3v) is 7.06. The molecule has 2 heterocycles. The van der Waals surface area contributed by atoms with E-state index < -0.39 is 0 Å². The van der Waals surface area contributed by atoms with E-state index >= 15 is 0 Å². The second kappa shape index (κ2) is 18.4. The zero-order chi connectivity index (χ0) is 32.6. The van der Waals surface area contributed by atoms with Crippen molar-refractivity contribution in [1.29, 1.82) is 0 Å². The van der Waals surface area contributed by atoms with E-state index in [-0.39, 0.29) is 0 Å². The van der Waals surface area contributed by atoms with Crippen LogP contribution >= 0.6 is 0 Å². The number of benzene rings is 2. The van der Waals surface area contributed by atoms with E-state index in [1.807, 2.05) is 41.5 Å². The Morgan fingerprint density at radius 1 is 0.568 bits per heavy atom. The van der Waals surface area contributed by atoms with E-state index in [1.165, 1.54) is 44.7 Å². The molecule has 0 N–H and O–H groups in total. The molecule has 2 aromatic heterocycles. The van der Waals surface area contributed by atoms with Crippen molar-refractivity contribution >= 4 is 47.4 Å². The lowest BCUT2D eigenvalue weighted by Crippen LogP contribution is -2.03. The second-order valence-corrected chi connectivity index (χ2v) is 9.68. The quantitative estimate of drug-likeness (QED) is 0.213. The predicted octanol–water partition coefficient (Wildman–Crippen LogP) is 13.3. The van der Waals surface area contributed by atoms with Crippen LogP contribution in [0.25, 0.3) is 58.7 Å². The first-order valence-corrected chi connectivity index (χ1v) is 16.5. The lowest BCUT2D eigenvalue weighted by Gasteiger charge is -2.15. The van der Waals surface area contributed by atoms with Crippen LogP contribution in [0.5, 0.6) is 0 Å². The van der Waals surface area contributed by atoms with Crippen molar-refractivity contribution in [2.45, 2.75) is 76.2 Å². The van der Waals surface area contributed by atoms with Gasteiger partial charge < -0.3 is 9.13 Å². The minimum atomic E-state index is 0.394. The molecule has 0 saturated heterocycles. The van der Waals surface area contributed by atoms with Crippen LogP contribution in [-0.4, -0.2) is 9.13 Å². The number of allylic oxidation sites excluding steroid dienone is 6. The lowest BCUT2D eigenvalue weighted by atomic mass is 10.1. The van der Waals surface area contributed by atoms with Gasteiger partial charge in [-0.2, -0.15) is 0 Å². The fraction of sp³-hybridized carbons (Fsp3) is 0.286. The molecule has 0 amide bonds. The predicted molar refractivity (Wildman–Crippen MR) is 203 cm³/mol. The molecule has 0 radical (unpaired) electrons. The number of rotatable bonds is 6. The summed E-state index contributed by atoms with van der Waals surface area (Å²) in [5, 5.41) is 1.26. The molecule has 0 bridgehead atoms. The Bertz CT molecular complexity index is 1660. The highest BCUT2D eigenvalue weighted by molar-refractivity contribution is 5.95. The molecule has 44 heavy (non-hydrogen) atoms. The summed E-state index contributed by atoms with van der Waals surface area (Å²) in [5.74, 6) is 0.394. The first-order valence-electron chi connectivity index (χ1n) is 16.5. The van der Waals surface area contributed by atoms with Gasteiger partial charge in [-0.3, -0.25) is 0 Å². The summed E-state index contributed by atoms with van der Waals surface area (Å²) >= 11 is 0. The van der Waals surface area contributed by atoms with Crippen molar-refractivity contribution in [2.75, 3.05) is 0 Å². The Morgan fingerprint density at radius 2 is 1.09 bits per heavy atom. The third kappa shape index (κ3) is 7.42. The van der Waals surface area contributed by atoms with Gasteiger partial charge in [-0.1, -0.05) is 127 Å². The summed E-state index contributed by atoms with van der Waals surface area (Å²) in [6.45, 7) is 22.6. The van der Waals surface area contributed by atoms with Crippen LogP contribution in [0.1, 0.15) is 110 Å². The van der Waals surface area contributed by atoms with Crippen molar-refractivity contribution in [1.82, 2.24) is 9.13 Å².